The number of nitro benzene ring substituents is 1. The fraction of sp³-hybridized carbons (Fsp3) is 0.333. The molecule has 0 aromatic heterocycles. The number of ether oxygens (including phenoxy) is 2. The molecule has 2 N–H and O–H groups in total. The van der Waals surface area contributed by atoms with Gasteiger partial charge in [0.2, 0.25) is 0 Å². The van der Waals surface area contributed by atoms with Crippen molar-refractivity contribution in [2.75, 3.05) is 20.3 Å². The Bertz CT molecular complexity index is 657. The van der Waals surface area contributed by atoms with Crippen LogP contribution in [-0.4, -0.2) is 48.3 Å². The monoisotopic (exact) mass is 338 g/mol. The largest absolute Gasteiger partial charge is 0.496 e. The summed E-state index contributed by atoms with van der Waals surface area (Å²) in [6, 6.07) is 1.07. The first-order valence-electron chi connectivity index (χ1n) is 6.87. The predicted octanol–water partition coefficient (Wildman–Crippen LogP) is 1.30. The zero-order chi connectivity index (χ0) is 18.3. The average molecular weight is 338 g/mol. The Kier molecular flexibility index (Phi) is 6.87. The summed E-state index contributed by atoms with van der Waals surface area (Å²) in [4.78, 5) is 33.8. The molecular weight excluding hydrogens is 320 g/mol. The molecule has 1 amide bonds. The van der Waals surface area contributed by atoms with Gasteiger partial charge < -0.3 is 19.9 Å². The molecule has 0 saturated heterocycles. The Labute approximate surface area is 138 Å². The fourth-order valence-electron chi connectivity index (χ4n) is 1.89. The molecule has 0 aliphatic rings. The summed E-state index contributed by atoms with van der Waals surface area (Å²) in [7, 11) is 1.32. The van der Waals surface area contributed by atoms with Gasteiger partial charge in [0.15, 0.2) is 6.04 Å². The molecule has 130 valence electrons. The zero-order valence-corrected chi connectivity index (χ0v) is 13.3. The van der Waals surface area contributed by atoms with Crippen LogP contribution in [-0.2, 0) is 9.53 Å². The summed E-state index contributed by atoms with van der Waals surface area (Å²) in [5, 5.41) is 22.4. The first-order valence-corrected chi connectivity index (χ1v) is 6.87. The zero-order valence-electron chi connectivity index (χ0n) is 13.3. The Morgan fingerprint density at radius 2 is 2.17 bits per heavy atom. The minimum absolute atomic E-state index is 0.0841. The van der Waals surface area contributed by atoms with Crippen LogP contribution in [0, 0.1) is 17.0 Å². The number of carbonyl (C=O) groups excluding carboxylic acids is 1. The second-order valence-electron chi connectivity index (χ2n) is 4.77. The smallest absolute Gasteiger partial charge is 0.328 e. The number of benzene rings is 1. The number of rotatable bonds is 9. The molecule has 0 radical (unpaired) electrons. The average Bonchev–Trinajstić information content (AvgIpc) is 2.53. The summed E-state index contributed by atoms with van der Waals surface area (Å²) in [5.41, 5.74) is -0.114. The Balaban J connectivity index is 3.04. The van der Waals surface area contributed by atoms with Gasteiger partial charge >= 0.3 is 5.97 Å². The van der Waals surface area contributed by atoms with Crippen molar-refractivity contribution in [3.63, 3.8) is 0 Å². The lowest BCUT2D eigenvalue weighted by Crippen LogP contribution is -2.44. The van der Waals surface area contributed by atoms with Gasteiger partial charge in [-0.05, 0) is 13.0 Å². The van der Waals surface area contributed by atoms with Crippen molar-refractivity contribution in [1.82, 2.24) is 5.32 Å². The van der Waals surface area contributed by atoms with Crippen LogP contribution in [0.5, 0.6) is 5.75 Å². The van der Waals surface area contributed by atoms with Crippen LogP contribution in [0.1, 0.15) is 15.9 Å². The number of carboxylic acid groups (broad SMARTS) is 1. The number of aliphatic carboxylic acids is 1. The molecule has 9 nitrogen and oxygen atoms in total. The molecule has 0 spiro atoms. The van der Waals surface area contributed by atoms with Crippen molar-refractivity contribution in [2.24, 2.45) is 0 Å². The van der Waals surface area contributed by atoms with Gasteiger partial charge in [-0.3, -0.25) is 14.9 Å². The highest BCUT2D eigenvalue weighted by Crippen LogP contribution is 2.29. The van der Waals surface area contributed by atoms with E-state index >= 15 is 0 Å². The first-order chi connectivity index (χ1) is 11.3. The van der Waals surface area contributed by atoms with Crippen molar-refractivity contribution < 1.29 is 29.1 Å². The van der Waals surface area contributed by atoms with E-state index in [1.165, 1.54) is 26.2 Å². The Morgan fingerprint density at radius 3 is 2.67 bits per heavy atom. The number of hydrogen-bond acceptors (Lipinski definition) is 6. The topological polar surface area (TPSA) is 128 Å². The van der Waals surface area contributed by atoms with Crippen molar-refractivity contribution >= 4 is 17.6 Å². The van der Waals surface area contributed by atoms with Crippen LogP contribution in [0.3, 0.4) is 0 Å². The third-order valence-corrected chi connectivity index (χ3v) is 3.14. The van der Waals surface area contributed by atoms with Crippen molar-refractivity contribution in [3.05, 3.63) is 46.0 Å². The van der Waals surface area contributed by atoms with Crippen molar-refractivity contribution in [1.29, 1.82) is 0 Å². The van der Waals surface area contributed by atoms with Gasteiger partial charge in [0.1, 0.15) is 5.75 Å². The molecule has 1 atom stereocenters. The van der Waals surface area contributed by atoms with Gasteiger partial charge in [-0.15, -0.1) is 6.58 Å². The quantitative estimate of drug-likeness (QED) is 0.300. The molecule has 1 rings (SSSR count). The Hall–Kier alpha value is -2.94. The predicted molar refractivity (Wildman–Crippen MR) is 84.3 cm³/mol. The number of nitrogens with zero attached hydrogens (tertiary/aromatic N) is 1. The second-order valence-corrected chi connectivity index (χ2v) is 4.77. The molecule has 0 saturated carbocycles. The highest BCUT2D eigenvalue weighted by molar-refractivity contribution is 5.97. The summed E-state index contributed by atoms with van der Waals surface area (Å²) in [6.45, 7) is 4.78. The second kappa shape index (κ2) is 8.63. The SMILES string of the molecule is C=CCOCC(NC(=O)c1cc(OC)c(C)c([N+](=O)[O-])c1)C(=O)O. The van der Waals surface area contributed by atoms with Crippen LogP contribution in [0.25, 0.3) is 0 Å². The molecule has 0 heterocycles. The molecule has 1 aromatic rings. The minimum atomic E-state index is -1.30. The summed E-state index contributed by atoms with van der Waals surface area (Å²) < 4.78 is 10.0. The number of nitrogens with one attached hydrogen (secondary N) is 1. The molecular formula is C15H18N2O7. The molecule has 0 fully saturated rings. The number of nitro groups is 1. The first kappa shape index (κ1) is 19.1. The maximum Gasteiger partial charge on any atom is 0.328 e. The lowest BCUT2D eigenvalue weighted by atomic mass is 10.1. The number of carboxylic acids is 1. The molecule has 1 unspecified atom stereocenters. The normalized spacial score (nSPS) is 11.4. The minimum Gasteiger partial charge on any atom is -0.496 e. The van der Waals surface area contributed by atoms with Crippen LogP contribution < -0.4 is 10.1 Å². The van der Waals surface area contributed by atoms with Gasteiger partial charge in [-0.25, -0.2) is 4.79 Å². The van der Waals surface area contributed by atoms with E-state index in [0.717, 1.165) is 6.07 Å². The lowest BCUT2D eigenvalue weighted by molar-refractivity contribution is -0.385. The molecule has 0 aliphatic heterocycles. The van der Waals surface area contributed by atoms with E-state index in [4.69, 9.17) is 14.6 Å². The van der Waals surface area contributed by atoms with Crippen molar-refractivity contribution in [2.45, 2.75) is 13.0 Å². The molecule has 1 aromatic carbocycles. The van der Waals surface area contributed by atoms with Gasteiger partial charge in [0.25, 0.3) is 11.6 Å². The van der Waals surface area contributed by atoms with Gasteiger partial charge in [0.05, 0.1) is 30.8 Å². The van der Waals surface area contributed by atoms with Crippen molar-refractivity contribution in [3.8, 4) is 5.75 Å². The van der Waals surface area contributed by atoms with E-state index in [-0.39, 0.29) is 35.8 Å². The van der Waals surface area contributed by atoms with E-state index in [1.54, 1.807) is 0 Å². The van der Waals surface area contributed by atoms with Crippen LogP contribution in [0.2, 0.25) is 0 Å². The molecule has 0 aliphatic carbocycles. The third-order valence-electron chi connectivity index (χ3n) is 3.14. The maximum absolute atomic E-state index is 12.2. The standard InChI is InChI=1S/C15H18N2O7/c1-4-5-24-8-11(15(19)20)16-14(18)10-6-12(17(21)22)9(2)13(7-10)23-3/h4,6-7,11H,1,5,8H2,2-3H3,(H,16,18)(H,19,20). The van der Waals surface area contributed by atoms with E-state index in [9.17, 15) is 19.7 Å². The highest BCUT2D eigenvalue weighted by Gasteiger charge is 2.24. The summed E-state index contributed by atoms with van der Waals surface area (Å²) in [6.07, 6.45) is 1.44. The summed E-state index contributed by atoms with van der Waals surface area (Å²) in [5.74, 6) is -1.92. The van der Waals surface area contributed by atoms with Crippen LogP contribution in [0.15, 0.2) is 24.8 Å². The number of carbonyl (C=O) groups is 2. The Morgan fingerprint density at radius 1 is 1.50 bits per heavy atom. The van der Waals surface area contributed by atoms with Crippen LogP contribution in [0.4, 0.5) is 5.69 Å². The van der Waals surface area contributed by atoms with Gasteiger partial charge in [0, 0.05) is 11.6 Å². The third kappa shape index (κ3) is 4.78. The highest BCUT2D eigenvalue weighted by atomic mass is 16.6. The molecule has 9 heteroatoms. The molecule has 24 heavy (non-hydrogen) atoms. The van der Waals surface area contributed by atoms with Crippen LogP contribution >= 0.6 is 0 Å². The van der Waals surface area contributed by atoms with E-state index in [1.807, 2.05) is 0 Å². The molecule has 0 bridgehead atoms. The van der Waals surface area contributed by atoms with Gasteiger partial charge in [-0.2, -0.15) is 0 Å². The maximum atomic E-state index is 12.2. The number of methoxy groups -OCH3 is 1. The van der Waals surface area contributed by atoms with E-state index in [2.05, 4.69) is 11.9 Å². The van der Waals surface area contributed by atoms with Gasteiger partial charge in [-0.1, -0.05) is 6.08 Å². The number of hydrogen-bond donors (Lipinski definition) is 2. The summed E-state index contributed by atoms with van der Waals surface area (Å²) >= 11 is 0. The van der Waals surface area contributed by atoms with E-state index < -0.39 is 22.8 Å². The number of amides is 1. The lowest BCUT2D eigenvalue weighted by Gasteiger charge is -2.15. The van der Waals surface area contributed by atoms with E-state index in [0.29, 0.717) is 0 Å². The fourth-order valence-corrected chi connectivity index (χ4v) is 1.89.